The topological polar surface area (TPSA) is 98.5 Å². The molecule has 0 saturated heterocycles. The van der Waals surface area contributed by atoms with Gasteiger partial charge in [-0.2, -0.15) is 0 Å². The third-order valence-corrected chi connectivity index (χ3v) is 4.51. The molecule has 0 heterocycles. The number of carbonyl (C=O) groups excluding carboxylic acids is 2. The zero-order valence-electron chi connectivity index (χ0n) is 16.0. The van der Waals surface area contributed by atoms with Crippen molar-refractivity contribution < 1.29 is 19.2 Å². The number of rotatable bonds is 6. The summed E-state index contributed by atoms with van der Waals surface area (Å²) in [6.07, 6.45) is 0.235. The Labute approximate surface area is 167 Å². The molecule has 0 bridgehead atoms. The number of nitrogens with zero attached hydrogens (tertiary/aromatic N) is 1. The van der Waals surface area contributed by atoms with Gasteiger partial charge in [0.25, 0.3) is 5.69 Å². The largest absolute Gasteiger partial charge is 0.426 e. The molecule has 29 heavy (non-hydrogen) atoms. The van der Waals surface area contributed by atoms with E-state index in [1.807, 2.05) is 30.3 Å². The number of fused-ring (bicyclic) bond motifs is 1. The first-order valence-corrected chi connectivity index (χ1v) is 9.14. The fraction of sp³-hybridized carbons (Fsp3) is 0.182. The van der Waals surface area contributed by atoms with Crippen molar-refractivity contribution in [3.05, 3.63) is 81.9 Å². The lowest BCUT2D eigenvalue weighted by Crippen LogP contribution is -2.29. The molecule has 3 aromatic carbocycles. The molecule has 1 atom stereocenters. The Morgan fingerprint density at radius 2 is 1.86 bits per heavy atom. The lowest BCUT2D eigenvalue weighted by molar-refractivity contribution is -0.384. The molecular weight excluding hydrogens is 372 g/mol. The Morgan fingerprint density at radius 3 is 2.55 bits per heavy atom. The van der Waals surface area contributed by atoms with Gasteiger partial charge in [0.15, 0.2) is 0 Å². The number of benzene rings is 3. The number of amides is 1. The van der Waals surface area contributed by atoms with Crippen LogP contribution < -0.4 is 10.1 Å². The monoisotopic (exact) mass is 392 g/mol. The van der Waals surface area contributed by atoms with E-state index in [0.717, 1.165) is 10.8 Å². The average Bonchev–Trinajstić information content (AvgIpc) is 2.71. The van der Waals surface area contributed by atoms with Gasteiger partial charge in [-0.05, 0) is 22.4 Å². The molecule has 0 aliphatic rings. The van der Waals surface area contributed by atoms with Crippen LogP contribution in [0.5, 0.6) is 5.75 Å². The summed E-state index contributed by atoms with van der Waals surface area (Å²) >= 11 is 0. The van der Waals surface area contributed by atoms with Crippen molar-refractivity contribution in [3.63, 3.8) is 0 Å². The minimum Gasteiger partial charge on any atom is -0.426 e. The van der Waals surface area contributed by atoms with Crippen LogP contribution in [0.3, 0.4) is 0 Å². The van der Waals surface area contributed by atoms with Gasteiger partial charge >= 0.3 is 5.97 Å². The first-order chi connectivity index (χ1) is 13.9. The second kappa shape index (κ2) is 8.52. The van der Waals surface area contributed by atoms with Crippen molar-refractivity contribution in [2.45, 2.75) is 26.3 Å². The van der Waals surface area contributed by atoms with Gasteiger partial charge in [0.2, 0.25) is 5.91 Å². The standard InChI is InChI=1S/C22H20N2O5/c1-3-20(26)23-22(16-8-6-9-17(13-16)24(27)28)21-18-10-5-4-7-15(18)11-12-19(21)29-14(2)25/h4-13,22H,3H2,1-2H3,(H,23,26)/t22-/m0/s1. The fourth-order valence-corrected chi connectivity index (χ4v) is 3.22. The Morgan fingerprint density at radius 1 is 1.10 bits per heavy atom. The van der Waals surface area contributed by atoms with Crippen LogP contribution in [0.25, 0.3) is 10.8 Å². The highest BCUT2D eigenvalue weighted by atomic mass is 16.6. The SMILES string of the molecule is CCC(=O)N[C@@H](c1cccc([N+](=O)[O-])c1)c1c(OC(C)=O)ccc2ccccc12. The van der Waals surface area contributed by atoms with E-state index < -0.39 is 16.9 Å². The summed E-state index contributed by atoms with van der Waals surface area (Å²) in [7, 11) is 0. The fourth-order valence-electron chi connectivity index (χ4n) is 3.22. The number of ether oxygens (including phenoxy) is 1. The molecule has 3 aromatic rings. The van der Waals surface area contributed by atoms with Crippen LogP contribution >= 0.6 is 0 Å². The summed E-state index contributed by atoms with van der Waals surface area (Å²) in [5, 5.41) is 15.8. The van der Waals surface area contributed by atoms with E-state index in [4.69, 9.17) is 4.74 Å². The molecule has 0 aliphatic heterocycles. The predicted octanol–water partition coefficient (Wildman–Crippen LogP) is 4.29. The summed E-state index contributed by atoms with van der Waals surface area (Å²) < 4.78 is 5.42. The van der Waals surface area contributed by atoms with E-state index >= 15 is 0 Å². The minimum atomic E-state index is -0.734. The number of hydrogen-bond acceptors (Lipinski definition) is 5. The third-order valence-electron chi connectivity index (χ3n) is 4.51. The summed E-state index contributed by atoms with van der Waals surface area (Å²) in [5.41, 5.74) is 0.999. The quantitative estimate of drug-likeness (QED) is 0.292. The summed E-state index contributed by atoms with van der Waals surface area (Å²) in [5.74, 6) is -0.437. The van der Waals surface area contributed by atoms with Crippen molar-refractivity contribution in [2.24, 2.45) is 0 Å². The molecule has 0 fully saturated rings. The Balaban J connectivity index is 2.28. The maximum Gasteiger partial charge on any atom is 0.308 e. The van der Waals surface area contributed by atoms with Crippen LogP contribution in [0.15, 0.2) is 60.7 Å². The number of nitrogens with one attached hydrogen (secondary N) is 1. The van der Waals surface area contributed by atoms with Crippen molar-refractivity contribution in [1.29, 1.82) is 0 Å². The first-order valence-electron chi connectivity index (χ1n) is 9.14. The number of carbonyl (C=O) groups is 2. The van der Waals surface area contributed by atoms with Gasteiger partial charge in [0.05, 0.1) is 11.0 Å². The van der Waals surface area contributed by atoms with Gasteiger partial charge in [-0.3, -0.25) is 19.7 Å². The zero-order chi connectivity index (χ0) is 21.0. The van der Waals surface area contributed by atoms with Crippen molar-refractivity contribution in [2.75, 3.05) is 0 Å². The molecule has 0 radical (unpaired) electrons. The molecule has 0 unspecified atom stereocenters. The van der Waals surface area contributed by atoms with Crippen LogP contribution in [0, 0.1) is 10.1 Å². The number of nitro groups is 1. The summed E-state index contributed by atoms with van der Waals surface area (Å²) in [6.45, 7) is 3.02. The first kappa shape index (κ1) is 20.0. The highest BCUT2D eigenvalue weighted by Crippen LogP contribution is 2.37. The summed E-state index contributed by atoms with van der Waals surface area (Å²) in [6, 6.07) is 16.3. The predicted molar refractivity (Wildman–Crippen MR) is 109 cm³/mol. The van der Waals surface area contributed by atoms with Crippen molar-refractivity contribution in [3.8, 4) is 5.75 Å². The molecule has 0 saturated carbocycles. The van der Waals surface area contributed by atoms with Crippen LogP contribution in [0.1, 0.15) is 37.4 Å². The van der Waals surface area contributed by atoms with E-state index in [1.54, 1.807) is 25.1 Å². The molecule has 7 nitrogen and oxygen atoms in total. The van der Waals surface area contributed by atoms with Gasteiger partial charge in [-0.25, -0.2) is 0 Å². The van der Waals surface area contributed by atoms with Crippen LogP contribution in [-0.4, -0.2) is 16.8 Å². The molecule has 3 rings (SSSR count). The number of nitro benzene ring substituents is 1. The average molecular weight is 392 g/mol. The molecule has 148 valence electrons. The van der Waals surface area contributed by atoms with Gasteiger partial charge in [-0.15, -0.1) is 0 Å². The van der Waals surface area contributed by atoms with Gasteiger partial charge < -0.3 is 10.1 Å². The summed E-state index contributed by atoms with van der Waals surface area (Å²) in [4.78, 5) is 34.8. The lowest BCUT2D eigenvalue weighted by Gasteiger charge is -2.23. The third kappa shape index (κ3) is 4.40. The maximum absolute atomic E-state index is 12.3. The van der Waals surface area contributed by atoms with E-state index in [2.05, 4.69) is 5.32 Å². The number of non-ortho nitro benzene ring substituents is 1. The van der Waals surface area contributed by atoms with Crippen LogP contribution in [-0.2, 0) is 9.59 Å². The molecule has 1 amide bonds. The Bertz CT molecular complexity index is 1090. The molecule has 0 aromatic heterocycles. The van der Waals surface area contributed by atoms with Gasteiger partial charge in [0, 0.05) is 31.0 Å². The Kier molecular flexibility index (Phi) is 5.87. The molecular formula is C22H20N2O5. The molecule has 1 N–H and O–H groups in total. The van der Waals surface area contributed by atoms with E-state index in [9.17, 15) is 19.7 Å². The molecule has 0 spiro atoms. The van der Waals surface area contributed by atoms with Crippen LogP contribution in [0.4, 0.5) is 5.69 Å². The van der Waals surface area contributed by atoms with E-state index in [1.165, 1.54) is 19.1 Å². The maximum atomic E-state index is 12.3. The lowest BCUT2D eigenvalue weighted by atomic mass is 9.92. The molecule has 0 aliphatic carbocycles. The number of hydrogen-bond donors (Lipinski definition) is 1. The van der Waals surface area contributed by atoms with E-state index in [-0.39, 0.29) is 18.0 Å². The normalized spacial score (nSPS) is 11.7. The van der Waals surface area contributed by atoms with Crippen LogP contribution in [0.2, 0.25) is 0 Å². The minimum absolute atomic E-state index is 0.0903. The second-order valence-corrected chi connectivity index (χ2v) is 6.50. The smallest absolute Gasteiger partial charge is 0.308 e. The van der Waals surface area contributed by atoms with Gasteiger partial charge in [-0.1, -0.05) is 49.4 Å². The zero-order valence-corrected chi connectivity index (χ0v) is 16.0. The second-order valence-electron chi connectivity index (χ2n) is 6.50. The highest BCUT2D eigenvalue weighted by Gasteiger charge is 2.25. The number of esters is 1. The molecule has 7 heteroatoms. The van der Waals surface area contributed by atoms with E-state index in [0.29, 0.717) is 16.9 Å². The Hall–Kier alpha value is -3.74. The van der Waals surface area contributed by atoms with Crippen molar-refractivity contribution >= 4 is 28.3 Å². The van der Waals surface area contributed by atoms with Gasteiger partial charge in [0.1, 0.15) is 5.75 Å². The van der Waals surface area contributed by atoms with Crippen molar-refractivity contribution in [1.82, 2.24) is 5.32 Å². The highest BCUT2D eigenvalue weighted by molar-refractivity contribution is 5.90.